The van der Waals surface area contributed by atoms with Gasteiger partial charge in [0.1, 0.15) is 0 Å². The lowest BCUT2D eigenvalue weighted by Crippen LogP contribution is -2.42. The third-order valence-electron chi connectivity index (χ3n) is 3.36. The van der Waals surface area contributed by atoms with Crippen LogP contribution < -0.4 is 10.6 Å². The molecule has 1 saturated heterocycles. The molecule has 4 nitrogen and oxygen atoms in total. The predicted molar refractivity (Wildman–Crippen MR) is 79.0 cm³/mol. The Morgan fingerprint density at radius 3 is 2.50 bits per heavy atom. The van der Waals surface area contributed by atoms with E-state index in [4.69, 9.17) is 0 Å². The molecule has 4 heteroatoms. The highest BCUT2D eigenvalue weighted by Gasteiger charge is 2.16. The van der Waals surface area contributed by atoms with E-state index in [1.54, 1.807) is 0 Å². The number of likely N-dealkylation sites (tertiary alicyclic amines) is 1. The fourth-order valence-electron chi connectivity index (χ4n) is 2.12. The summed E-state index contributed by atoms with van der Waals surface area (Å²) in [5.41, 5.74) is 0. The second kappa shape index (κ2) is 8.35. The van der Waals surface area contributed by atoms with Gasteiger partial charge in [0.25, 0.3) is 0 Å². The first-order chi connectivity index (χ1) is 8.61. The van der Waals surface area contributed by atoms with Crippen molar-refractivity contribution >= 4 is 5.96 Å². The minimum atomic E-state index is 0.615. The Morgan fingerprint density at radius 2 is 1.94 bits per heavy atom. The lowest BCUT2D eigenvalue weighted by Gasteiger charge is -2.29. The van der Waals surface area contributed by atoms with Gasteiger partial charge in [0.2, 0.25) is 0 Å². The molecule has 0 aliphatic carbocycles. The van der Waals surface area contributed by atoms with Crippen LogP contribution in [-0.2, 0) is 0 Å². The second-order valence-electron chi connectivity index (χ2n) is 5.74. The quantitative estimate of drug-likeness (QED) is 0.577. The summed E-state index contributed by atoms with van der Waals surface area (Å²) in [5.74, 6) is 2.39. The summed E-state index contributed by atoms with van der Waals surface area (Å²) in [7, 11) is 2.21. The van der Waals surface area contributed by atoms with Crippen LogP contribution in [0.15, 0.2) is 4.99 Å². The number of hydrogen-bond acceptors (Lipinski definition) is 2. The van der Waals surface area contributed by atoms with Gasteiger partial charge in [-0.1, -0.05) is 13.8 Å². The number of guanidine groups is 1. The molecule has 0 radical (unpaired) electrons. The predicted octanol–water partition coefficient (Wildman–Crippen LogP) is 1.54. The zero-order chi connectivity index (χ0) is 13.4. The third kappa shape index (κ3) is 6.24. The molecular weight excluding hydrogens is 224 g/mol. The van der Waals surface area contributed by atoms with Gasteiger partial charge in [-0.25, -0.2) is 0 Å². The van der Waals surface area contributed by atoms with Gasteiger partial charge in [0.05, 0.1) is 0 Å². The summed E-state index contributed by atoms with van der Waals surface area (Å²) in [5, 5.41) is 6.80. The standard InChI is InChI=1S/C14H30N4/c1-5-15-14(16-10-12(2)3)17-11-13-6-8-18(4)9-7-13/h12-13H,5-11H2,1-4H3,(H2,15,16,17). The molecule has 1 heterocycles. The van der Waals surface area contributed by atoms with Gasteiger partial charge < -0.3 is 15.5 Å². The molecule has 2 N–H and O–H groups in total. The molecule has 1 aliphatic heterocycles. The largest absolute Gasteiger partial charge is 0.357 e. The van der Waals surface area contributed by atoms with Crippen molar-refractivity contribution in [3.8, 4) is 0 Å². The summed E-state index contributed by atoms with van der Waals surface area (Å²) >= 11 is 0. The van der Waals surface area contributed by atoms with Crippen LogP contribution in [0.3, 0.4) is 0 Å². The van der Waals surface area contributed by atoms with Gasteiger partial charge in [-0.05, 0) is 51.7 Å². The van der Waals surface area contributed by atoms with E-state index in [2.05, 4.69) is 48.3 Å². The third-order valence-corrected chi connectivity index (χ3v) is 3.36. The van der Waals surface area contributed by atoms with Crippen molar-refractivity contribution < 1.29 is 0 Å². The van der Waals surface area contributed by atoms with Gasteiger partial charge in [0.15, 0.2) is 5.96 Å². The summed E-state index contributed by atoms with van der Waals surface area (Å²) in [4.78, 5) is 7.01. The van der Waals surface area contributed by atoms with Crippen LogP contribution in [0.2, 0.25) is 0 Å². The van der Waals surface area contributed by atoms with Crippen LogP contribution in [0.1, 0.15) is 33.6 Å². The molecule has 0 unspecified atom stereocenters. The number of nitrogens with zero attached hydrogens (tertiary/aromatic N) is 2. The Balaban J connectivity index is 2.30. The van der Waals surface area contributed by atoms with E-state index >= 15 is 0 Å². The first-order valence-electron chi connectivity index (χ1n) is 7.32. The molecule has 1 aliphatic rings. The summed E-state index contributed by atoms with van der Waals surface area (Å²) < 4.78 is 0. The first kappa shape index (κ1) is 15.3. The van der Waals surface area contributed by atoms with Crippen LogP contribution in [-0.4, -0.2) is 50.6 Å². The summed E-state index contributed by atoms with van der Waals surface area (Å²) in [6, 6.07) is 0. The highest BCUT2D eigenvalue weighted by atomic mass is 15.2. The van der Waals surface area contributed by atoms with Gasteiger partial charge in [-0.2, -0.15) is 0 Å². The van der Waals surface area contributed by atoms with Gasteiger partial charge in [-0.3, -0.25) is 4.99 Å². The van der Waals surface area contributed by atoms with E-state index < -0.39 is 0 Å². The molecule has 0 aromatic heterocycles. The number of rotatable bonds is 5. The molecule has 0 amide bonds. The maximum atomic E-state index is 4.60. The number of hydrogen-bond donors (Lipinski definition) is 2. The molecule has 1 rings (SSSR count). The SMILES string of the molecule is CCNC(=NCC(C)C)NCC1CCN(C)CC1. The molecule has 0 bridgehead atoms. The maximum absolute atomic E-state index is 4.60. The smallest absolute Gasteiger partial charge is 0.191 e. The molecular formula is C14H30N4. The highest BCUT2D eigenvalue weighted by molar-refractivity contribution is 5.79. The van der Waals surface area contributed by atoms with Crippen molar-refractivity contribution in [2.45, 2.75) is 33.6 Å². The zero-order valence-corrected chi connectivity index (χ0v) is 12.5. The average molecular weight is 254 g/mol. The van der Waals surface area contributed by atoms with Gasteiger partial charge in [0, 0.05) is 19.6 Å². The second-order valence-corrected chi connectivity index (χ2v) is 5.74. The maximum Gasteiger partial charge on any atom is 0.191 e. The van der Waals surface area contributed by atoms with E-state index in [-0.39, 0.29) is 0 Å². The molecule has 1 fully saturated rings. The van der Waals surface area contributed by atoms with Crippen LogP contribution in [0.25, 0.3) is 0 Å². The van der Waals surface area contributed by atoms with Crippen molar-refractivity contribution in [3.05, 3.63) is 0 Å². The highest BCUT2D eigenvalue weighted by Crippen LogP contribution is 2.14. The Kier molecular flexibility index (Phi) is 7.09. The Bertz CT molecular complexity index is 242. The normalized spacial score (nSPS) is 19.3. The van der Waals surface area contributed by atoms with Crippen LogP contribution in [0.5, 0.6) is 0 Å². The average Bonchev–Trinajstić information content (AvgIpc) is 2.34. The topological polar surface area (TPSA) is 39.7 Å². The molecule has 0 aromatic carbocycles. The van der Waals surface area contributed by atoms with E-state index in [1.165, 1.54) is 25.9 Å². The van der Waals surface area contributed by atoms with E-state index in [1.807, 2.05) is 0 Å². The lowest BCUT2D eigenvalue weighted by atomic mass is 9.97. The summed E-state index contributed by atoms with van der Waals surface area (Å²) in [6.07, 6.45) is 2.60. The molecule has 0 spiro atoms. The number of piperidine rings is 1. The molecule has 0 atom stereocenters. The molecule has 106 valence electrons. The van der Waals surface area contributed by atoms with Crippen molar-refractivity contribution in [1.82, 2.24) is 15.5 Å². The van der Waals surface area contributed by atoms with Crippen molar-refractivity contribution in [1.29, 1.82) is 0 Å². The van der Waals surface area contributed by atoms with Crippen molar-refractivity contribution in [3.63, 3.8) is 0 Å². The van der Waals surface area contributed by atoms with Crippen LogP contribution >= 0.6 is 0 Å². The lowest BCUT2D eigenvalue weighted by molar-refractivity contribution is 0.220. The minimum absolute atomic E-state index is 0.615. The van der Waals surface area contributed by atoms with Crippen molar-refractivity contribution in [2.24, 2.45) is 16.8 Å². The van der Waals surface area contributed by atoms with Crippen LogP contribution in [0.4, 0.5) is 0 Å². The monoisotopic (exact) mass is 254 g/mol. The Hall–Kier alpha value is -0.770. The Labute approximate surface area is 112 Å². The molecule has 0 saturated carbocycles. The Morgan fingerprint density at radius 1 is 1.28 bits per heavy atom. The molecule has 18 heavy (non-hydrogen) atoms. The van der Waals surface area contributed by atoms with E-state index in [9.17, 15) is 0 Å². The summed E-state index contributed by atoms with van der Waals surface area (Å²) in [6.45, 7) is 11.8. The molecule has 0 aromatic rings. The fraction of sp³-hybridized carbons (Fsp3) is 0.929. The van der Waals surface area contributed by atoms with E-state index in [0.717, 1.165) is 31.5 Å². The van der Waals surface area contributed by atoms with Gasteiger partial charge >= 0.3 is 0 Å². The van der Waals surface area contributed by atoms with Crippen molar-refractivity contribution in [2.75, 3.05) is 39.8 Å². The number of aliphatic imine (C=N–C) groups is 1. The fourth-order valence-corrected chi connectivity index (χ4v) is 2.12. The van der Waals surface area contributed by atoms with Gasteiger partial charge in [-0.15, -0.1) is 0 Å². The van der Waals surface area contributed by atoms with Crippen LogP contribution in [0, 0.1) is 11.8 Å². The number of nitrogens with one attached hydrogen (secondary N) is 2. The first-order valence-corrected chi connectivity index (χ1v) is 7.32. The minimum Gasteiger partial charge on any atom is -0.357 e. The zero-order valence-electron chi connectivity index (χ0n) is 12.5. The van der Waals surface area contributed by atoms with E-state index in [0.29, 0.717) is 5.92 Å².